The zero-order valence-corrected chi connectivity index (χ0v) is 18.8. The quantitative estimate of drug-likeness (QED) is 0.486. The molecule has 3 saturated heterocycles. The molecule has 4 aliphatic heterocycles. The Balaban J connectivity index is 1.81. The normalized spacial score (nSPS) is 40.6. The van der Waals surface area contributed by atoms with Crippen molar-refractivity contribution in [2.24, 2.45) is 5.92 Å². The van der Waals surface area contributed by atoms with Crippen molar-refractivity contribution in [3.8, 4) is 12.1 Å². The molecule has 0 radical (unpaired) electrons. The van der Waals surface area contributed by atoms with Crippen LogP contribution in [0.15, 0.2) is 22.5 Å². The van der Waals surface area contributed by atoms with Crippen molar-refractivity contribution in [3.05, 3.63) is 22.5 Å². The Hall–Kier alpha value is -2.60. The van der Waals surface area contributed by atoms with Gasteiger partial charge >= 0.3 is 0 Å². The molecule has 5 aliphatic rings. The van der Waals surface area contributed by atoms with E-state index < -0.39 is 36.6 Å². The molecule has 0 aromatic carbocycles. The summed E-state index contributed by atoms with van der Waals surface area (Å²) in [5.41, 5.74) is 0.603. The van der Waals surface area contributed by atoms with Crippen LogP contribution in [0.1, 0.15) is 13.3 Å². The Labute approximate surface area is 191 Å². The molecule has 0 saturated carbocycles. The number of piperazine rings is 1. The number of ketones is 2. The summed E-state index contributed by atoms with van der Waals surface area (Å²) in [5, 5.41) is 40.7. The van der Waals surface area contributed by atoms with Crippen LogP contribution in [0.25, 0.3) is 0 Å². The van der Waals surface area contributed by atoms with Gasteiger partial charge in [0.1, 0.15) is 12.1 Å². The Bertz CT molecular complexity index is 1070. The van der Waals surface area contributed by atoms with E-state index in [0.29, 0.717) is 6.42 Å². The highest BCUT2D eigenvalue weighted by molar-refractivity contribution is 6.25. The highest BCUT2D eigenvalue weighted by atomic mass is 16.5. The minimum Gasteiger partial charge on any atom is -0.492 e. The first-order valence-electron chi connectivity index (χ1n) is 11.2. The van der Waals surface area contributed by atoms with Crippen LogP contribution >= 0.6 is 0 Å². The predicted octanol–water partition coefficient (Wildman–Crippen LogP) is -1.44. The fourth-order valence-corrected chi connectivity index (χ4v) is 7.30. The Kier molecular flexibility index (Phi) is 5.20. The molecule has 2 bridgehead atoms. The lowest BCUT2D eigenvalue weighted by atomic mass is 9.68. The molecule has 0 aromatic rings. The van der Waals surface area contributed by atoms with E-state index in [4.69, 9.17) is 4.74 Å². The highest BCUT2D eigenvalue weighted by Gasteiger charge is 2.68. The second-order valence-electron chi connectivity index (χ2n) is 9.46. The van der Waals surface area contributed by atoms with Gasteiger partial charge in [0.05, 0.1) is 44.5 Å². The maximum atomic E-state index is 13.7. The molecule has 10 nitrogen and oxygen atoms in total. The number of rotatable bonds is 4. The zero-order chi connectivity index (χ0) is 23.8. The third-order valence-electron chi connectivity index (χ3n) is 8.42. The molecule has 0 spiro atoms. The third-order valence-corrected chi connectivity index (χ3v) is 8.42. The van der Waals surface area contributed by atoms with Gasteiger partial charge in [0, 0.05) is 47.3 Å². The van der Waals surface area contributed by atoms with Crippen LogP contribution in [0.4, 0.5) is 0 Å². The smallest absolute Gasteiger partial charge is 0.226 e. The van der Waals surface area contributed by atoms with Gasteiger partial charge in [-0.2, -0.15) is 10.5 Å². The highest BCUT2D eigenvalue weighted by Crippen LogP contribution is 2.53. The van der Waals surface area contributed by atoms with E-state index in [9.17, 15) is 30.3 Å². The summed E-state index contributed by atoms with van der Waals surface area (Å²) in [6, 6.07) is 1.42. The van der Waals surface area contributed by atoms with Crippen LogP contribution in [0, 0.1) is 28.6 Å². The summed E-state index contributed by atoms with van der Waals surface area (Å²) in [6.07, 6.45) is 0.616. The average Bonchev–Trinajstić information content (AvgIpc) is 3.07. The van der Waals surface area contributed by atoms with Gasteiger partial charge in [-0.15, -0.1) is 0 Å². The van der Waals surface area contributed by atoms with E-state index in [1.54, 1.807) is 6.92 Å². The molecule has 5 rings (SSSR count). The van der Waals surface area contributed by atoms with Crippen molar-refractivity contribution in [2.75, 3.05) is 33.9 Å². The van der Waals surface area contributed by atoms with Crippen molar-refractivity contribution in [1.82, 2.24) is 14.7 Å². The molecular formula is C23H27N5O5. The Morgan fingerprint density at radius 2 is 1.79 bits per heavy atom. The molecule has 33 heavy (non-hydrogen) atoms. The number of likely N-dealkylation sites (N-methyl/N-ethyl adjacent to an activating group) is 1. The maximum Gasteiger partial charge on any atom is 0.226 e. The fourth-order valence-electron chi connectivity index (χ4n) is 7.30. The first-order valence-corrected chi connectivity index (χ1v) is 11.2. The molecule has 10 heteroatoms. The number of carbonyl (C=O) groups is 2. The molecule has 4 heterocycles. The molecule has 1 aliphatic carbocycles. The van der Waals surface area contributed by atoms with Crippen molar-refractivity contribution < 1.29 is 24.5 Å². The lowest BCUT2D eigenvalue weighted by Gasteiger charge is -2.62. The van der Waals surface area contributed by atoms with Crippen LogP contribution < -0.4 is 0 Å². The zero-order valence-electron chi connectivity index (χ0n) is 18.8. The van der Waals surface area contributed by atoms with Crippen LogP contribution in [0.2, 0.25) is 0 Å². The average molecular weight is 453 g/mol. The molecule has 8 atom stereocenters. The summed E-state index contributed by atoms with van der Waals surface area (Å²) in [4.78, 5) is 33.1. The van der Waals surface area contributed by atoms with Crippen molar-refractivity contribution >= 4 is 11.6 Å². The molecular weight excluding hydrogens is 426 g/mol. The van der Waals surface area contributed by atoms with Crippen LogP contribution in [-0.4, -0.2) is 113 Å². The van der Waals surface area contributed by atoms with E-state index in [-0.39, 0.29) is 65.5 Å². The monoisotopic (exact) mass is 453 g/mol. The number of likely N-dealkylation sites (tertiary alicyclic amines) is 1. The van der Waals surface area contributed by atoms with Crippen molar-refractivity contribution in [3.63, 3.8) is 0 Å². The van der Waals surface area contributed by atoms with Crippen molar-refractivity contribution in [1.29, 1.82) is 10.5 Å². The number of piperidine rings is 1. The number of carbonyl (C=O) groups excluding carboxylic acids is 2. The number of nitrogens with zero attached hydrogens (tertiary/aromatic N) is 5. The SMILES string of the molecule is COC1=C(C)C(=O)C2=C(C1=O)[C@@H](CO)N1[C@H]3[C@@H]4[C@@H](C[C@H]([C@H]1C#N)N4C)C(C#N)N(CCO)[C@@H]23. The van der Waals surface area contributed by atoms with E-state index in [1.165, 1.54) is 7.11 Å². The van der Waals surface area contributed by atoms with Gasteiger partial charge in [0.15, 0.2) is 11.5 Å². The lowest BCUT2D eigenvalue weighted by molar-refractivity contribution is -0.130. The number of Topliss-reactive ketones (excluding diaryl/α,β-unsaturated/α-hetero) is 2. The van der Waals surface area contributed by atoms with E-state index in [0.717, 1.165) is 0 Å². The number of aliphatic hydroxyl groups excluding tert-OH is 2. The van der Waals surface area contributed by atoms with Gasteiger partial charge in [0.25, 0.3) is 0 Å². The van der Waals surface area contributed by atoms with Gasteiger partial charge in [0.2, 0.25) is 5.78 Å². The molecule has 2 N–H and O–H groups in total. The number of allylic oxidation sites excluding steroid dienone is 2. The Morgan fingerprint density at radius 3 is 2.36 bits per heavy atom. The minimum atomic E-state index is -0.826. The predicted molar refractivity (Wildman–Crippen MR) is 113 cm³/mol. The number of aliphatic hydroxyl groups is 2. The lowest BCUT2D eigenvalue weighted by Crippen LogP contribution is -2.78. The second-order valence-corrected chi connectivity index (χ2v) is 9.46. The minimum absolute atomic E-state index is 0.0551. The van der Waals surface area contributed by atoms with E-state index in [1.807, 2.05) is 16.8 Å². The van der Waals surface area contributed by atoms with Crippen LogP contribution in [-0.2, 0) is 14.3 Å². The first kappa shape index (κ1) is 22.2. The number of hydrogen-bond acceptors (Lipinski definition) is 10. The first-order chi connectivity index (χ1) is 15.9. The summed E-state index contributed by atoms with van der Waals surface area (Å²) >= 11 is 0. The summed E-state index contributed by atoms with van der Waals surface area (Å²) in [5.74, 6) is -0.954. The van der Waals surface area contributed by atoms with Crippen LogP contribution in [0.5, 0.6) is 0 Å². The number of nitriles is 2. The van der Waals surface area contributed by atoms with Crippen molar-refractivity contribution in [2.45, 2.75) is 55.6 Å². The summed E-state index contributed by atoms with van der Waals surface area (Å²) < 4.78 is 5.28. The number of methoxy groups -OCH3 is 1. The molecule has 3 fully saturated rings. The number of hydrogen-bond donors (Lipinski definition) is 2. The topological polar surface area (TPSA) is 141 Å². The fraction of sp³-hybridized carbons (Fsp3) is 0.652. The second kappa shape index (κ2) is 7.73. The number of fused-ring (bicyclic) bond motifs is 2. The Morgan fingerprint density at radius 1 is 1.09 bits per heavy atom. The molecule has 174 valence electrons. The molecule has 0 amide bonds. The summed E-state index contributed by atoms with van der Waals surface area (Å²) in [6.45, 7) is 1.06. The van der Waals surface area contributed by atoms with Gasteiger partial charge in [-0.3, -0.25) is 24.3 Å². The molecule has 1 unspecified atom stereocenters. The summed E-state index contributed by atoms with van der Waals surface area (Å²) in [7, 11) is 3.28. The van der Waals surface area contributed by atoms with E-state index >= 15 is 0 Å². The van der Waals surface area contributed by atoms with Gasteiger partial charge in [-0.05, 0) is 20.4 Å². The maximum absolute atomic E-state index is 13.7. The number of β-amino-alcohol motifs (C(OH)–C–C–N with tert-alkyl or cyclic N) is 1. The van der Waals surface area contributed by atoms with Gasteiger partial charge in [-0.1, -0.05) is 0 Å². The molecule has 0 aromatic heterocycles. The largest absolute Gasteiger partial charge is 0.492 e. The number of ether oxygens (including phenoxy) is 1. The third kappa shape index (κ3) is 2.59. The standard InChI is InChI=1S/C23H27N5O5/c1-10-21(31)17-16(22(32)23(10)33-3)15(9-30)28-14(8-25)12-6-11-13(7-24)27(4-5-29)19(17)20(28)18(11)26(12)2/h11-15,18-20,29-30H,4-6,9H2,1-3H3/t11-,12+,13?,14+,15+,18-,19-,20-/m0/s1. The van der Waals surface area contributed by atoms with Crippen LogP contribution in [0.3, 0.4) is 0 Å². The van der Waals surface area contributed by atoms with E-state index in [2.05, 4.69) is 17.0 Å². The van der Waals surface area contributed by atoms with Gasteiger partial charge in [-0.25, -0.2) is 0 Å². The van der Waals surface area contributed by atoms with Gasteiger partial charge < -0.3 is 14.9 Å².